The third-order valence-electron chi connectivity index (χ3n) is 7.97. The number of fused-ring (bicyclic) bond motifs is 1. The van der Waals surface area contributed by atoms with Crippen molar-refractivity contribution < 1.29 is 9.53 Å². The Labute approximate surface area is 189 Å². The van der Waals surface area contributed by atoms with E-state index in [9.17, 15) is 4.79 Å². The minimum Gasteiger partial charge on any atom is -0.468 e. The number of aryl methyl sites for hydroxylation is 1. The molecule has 0 atom stereocenters. The van der Waals surface area contributed by atoms with Crippen LogP contribution in [0.25, 0.3) is 0 Å². The van der Waals surface area contributed by atoms with Gasteiger partial charge in [0, 0.05) is 17.3 Å². The number of nitrogens with one attached hydrogen (secondary N) is 2. The van der Waals surface area contributed by atoms with E-state index in [-0.39, 0.29) is 5.97 Å². The molecule has 6 rings (SSSR count). The second kappa shape index (κ2) is 7.75. The lowest BCUT2D eigenvalue weighted by molar-refractivity contribution is -0.151. The van der Waals surface area contributed by atoms with Crippen LogP contribution in [-0.4, -0.2) is 29.1 Å². The molecule has 1 heterocycles. The lowest BCUT2D eigenvalue weighted by atomic mass is 9.64. The normalized spacial score (nSPS) is 21.1. The summed E-state index contributed by atoms with van der Waals surface area (Å²) in [5, 5.41) is 7.27. The molecule has 0 spiro atoms. The summed E-state index contributed by atoms with van der Waals surface area (Å²) < 4.78 is 5.10. The molecule has 3 saturated carbocycles. The predicted octanol–water partition coefficient (Wildman–Crippen LogP) is 4.90. The molecule has 0 unspecified atom stereocenters. The van der Waals surface area contributed by atoms with Crippen LogP contribution in [0.2, 0.25) is 0 Å². The minimum atomic E-state index is -0.457. The third-order valence-corrected chi connectivity index (χ3v) is 7.97. The zero-order valence-corrected chi connectivity index (χ0v) is 18.8. The van der Waals surface area contributed by atoms with Crippen LogP contribution in [0.15, 0.2) is 24.3 Å². The van der Waals surface area contributed by atoms with E-state index in [1.165, 1.54) is 44.1 Å². The summed E-state index contributed by atoms with van der Waals surface area (Å²) >= 11 is 0. The largest absolute Gasteiger partial charge is 0.468 e. The molecule has 0 radical (unpaired) electrons. The quantitative estimate of drug-likeness (QED) is 0.578. The highest BCUT2D eigenvalue weighted by molar-refractivity contribution is 5.84. The Balaban J connectivity index is 1.24. The van der Waals surface area contributed by atoms with Gasteiger partial charge >= 0.3 is 5.97 Å². The molecule has 0 saturated heterocycles. The van der Waals surface area contributed by atoms with Gasteiger partial charge in [-0.2, -0.15) is 4.98 Å². The average molecular weight is 433 g/mol. The van der Waals surface area contributed by atoms with Gasteiger partial charge in [-0.05, 0) is 87.3 Å². The molecule has 32 heavy (non-hydrogen) atoms. The highest BCUT2D eigenvalue weighted by Crippen LogP contribution is 2.46. The lowest BCUT2D eigenvalue weighted by Crippen LogP contribution is -2.43. The first-order chi connectivity index (χ1) is 15.7. The number of hydrogen-bond acceptors (Lipinski definition) is 6. The minimum absolute atomic E-state index is 0.116. The van der Waals surface area contributed by atoms with E-state index in [2.05, 4.69) is 34.9 Å². The zero-order chi connectivity index (χ0) is 21.7. The van der Waals surface area contributed by atoms with E-state index in [1.807, 2.05) is 0 Å². The number of anilines is 3. The Morgan fingerprint density at radius 1 is 1.03 bits per heavy atom. The average Bonchev–Trinajstić information content (AvgIpc) is 3.71. The molecule has 6 nitrogen and oxygen atoms in total. The third kappa shape index (κ3) is 3.54. The lowest BCUT2D eigenvalue weighted by Gasteiger charge is -2.39. The van der Waals surface area contributed by atoms with E-state index in [1.54, 1.807) is 0 Å². The molecule has 0 bridgehead atoms. The molecule has 4 aliphatic rings. The maximum Gasteiger partial charge on any atom is 0.316 e. The van der Waals surface area contributed by atoms with Crippen LogP contribution in [-0.2, 0) is 27.8 Å². The van der Waals surface area contributed by atoms with Crippen molar-refractivity contribution >= 4 is 23.4 Å². The second-order valence-electron chi connectivity index (χ2n) is 10.1. The molecule has 2 N–H and O–H groups in total. The van der Waals surface area contributed by atoms with E-state index < -0.39 is 5.41 Å². The fourth-order valence-electron chi connectivity index (χ4n) is 5.63. The number of aromatic nitrogens is 2. The maximum absolute atomic E-state index is 12.4. The van der Waals surface area contributed by atoms with Gasteiger partial charge in [-0.1, -0.05) is 18.6 Å². The van der Waals surface area contributed by atoms with Gasteiger partial charge in [0.2, 0.25) is 5.95 Å². The number of hydrogen-bond donors (Lipinski definition) is 2. The first-order valence-corrected chi connectivity index (χ1v) is 12.3. The van der Waals surface area contributed by atoms with Crippen LogP contribution in [0.4, 0.5) is 17.5 Å². The fraction of sp³-hybridized carbons (Fsp3) is 0.577. The van der Waals surface area contributed by atoms with Gasteiger partial charge in [-0.3, -0.25) is 4.79 Å². The van der Waals surface area contributed by atoms with Crippen LogP contribution in [0.1, 0.15) is 68.2 Å². The Morgan fingerprint density at radius 3 is 2.34 bits per heavy atom. The number of ether oxygens (including phenoxy) is 1. The number of carbonyl (C=O) groups is 1. The molecule has 168 valence electrons. The van der Waals surface area contributed by atoms with Crippen molar-refractivity contribution in [2.75, 3.05) is 17.7 Å². The number of nitrogens with zero attached hydrogens (tertiary/aromatic N) is 2. The number of benzene rings is 1. The molecule has 0 aliphatic heterocycles. The van der Waals surface area contributed by atoms with Gasteiger partial charge in [-0.15, -0.1) is 0 Å². The van der Waals surface area contributed by atoms with Crippen molar-refractivity contribution in [2.24, 2.45) is 11.8 Å². The summed E-state index contributed by atoms with van der Waals surface area (Å²) in [5.41, 5.74) is 4.02. The first-order valence-electron chi connectivity index (χ1n) is 12.3. The van der Waals surface area contributed by atoms with Gasteiger partial charge < -0.3 is 15.4 Å². The van der Waals surface area contributed by atoms with E-state index >= 15 is 0 Å². The summed E-state index contributed by atoms with van der Waals surface area (Å²) in [5.74, 6) is 3.20. The monoisotopic (exact) mass is 432 g/mol. The van der Waals surface area contributed by atoms with Gasteiger partial charge in [0.15, 0.2) is 0 Å². The maximum atomic E-state index is 12.4. The molecular weight excluding hydrogens is 400 g/mol. The molecule has 2 aromatic rings. The molecule has 6 heteroatoms. The molecule has 1 aromatic heterocycles. The second-order valence-corrected chi connectivity index (χ2v) is 10.1. The molecule has 4 aliphatic carbocycles. The van der Waals surface area contributed by atoms with E-state index in [0.717, 1.165) is 73.4 Å². The van der Waals surface area contributed by atoms with Crippen LogP contribution in [0.3, 0.4) is 0 Å². The molecular formula is C26H32N4O2. The Bertz CT molecular complexity index is 1010. The topological polar surface area (TPSA) is 76.1 Å². The van der Waals surface area contributed by atoms with E-state index in [4.69, 9.17) is 14.7 Å². The first kappa shape index (κ1) is 20.0. The van der Waals surface area contributed by atoms with Crippen molar-refractivity contribution in [2.45, 2.75) is 75.7 Å². The molecule has 1 aromatic carbocycles. The van der Waals surface area contributed by atoms with Crippen LogP contribution < -0.4 is 10.6 Å². The summed E-state index contributed by atoms with van der Waals surface area (Å²) in [6.45, 7) is 0. The number of methoxy groups -OCH3 is 1. The van der Waals surface area contributed by atoms with Crippen molar-refractivity contribution in [3.8, 4) is 0 Å². The summed E-state index contributed by atoms with van der Waals surface area (Å²) in [7, 11) is 1.48. The van der Waals surface area contributed by atoms with Gasteiger partial charge in [-0.25, -0.2) is 4.98 Å². The SMILES string of the molecule is COC(=O)C1(c2ccc(Nc3nc(NC(C4CC4)C4CC4)nc4c3CCC4)cc2)CCC1. The Morgan fingerprint density at radius 2 is 1.75 bits per heavy atom. The zero-order valence-electron chi connectivity index (χ0n) is 18.8. The predicted molar refractivity (Wildman–Crippen MR) is 124 cm³/mol. The summed E-state index contributed by atoms with van der Waals surface area (Å²) in [6.07, 6.45) is 11.3. The van der Waals surface area contributed by atoms with Crippen LogP contribution >= 0.6 is 0 Å². The Kier molecular flexibility index (Phi) is 4.85. The van der Waals surface area contributed by atoms with Crippen molar-refractivity contribution in [1.29, 1.82) is 0 Å². The number of carbonyl (C=O) groups excluding carboxylic acids is 1. The highest BCUT2D eigenvalue weighted by Gasteiger charge is 2.46. The standard InChI is InChI=1S/C26H32N4O2/c1-32-24(31)26(14-3-15-26)18-10-12-19(13-11-18)27-23-20-4-2-5-21(20)28-25(30-23)29-22(16-6-7-16)17-8-9-17/h10-13,16-17,22H,2-9,14-15H2,1H3,(H2,27,28,29,30). The summed E-state index contributed by atoms with van der Waals surface area (Å²) in [6, 6.07) is 8.79. The number of esters is 1. The van der Waals surface area contributed by atoms with Gasteiger partial charge in [0.1, 0.15) is 5.82 Å². The molecule has 3 fully saturated rings. The van der Waals surface area contributed by atoms with Gasteiger partial charge in [0.05, 0.1) is 18.2 Å². The molecule has 0 amide bonds. The van der Waals surface area contributed by atoms with Crippen molar-refractivity contribution in [3.63, 3.8) is 0 Å². The fourth-order valence-corrected chi connectivity index (χ4v) is 5.63. The van der Waals surface area contributed by atoms with Crippen molar-refractivity contribution in [1.82, 2.24) is 9.97 Å². The van der Waals surface area contributed by atoms with E-state index in [0.29, 0.717) is 6.04 Å². The smallest absolute Gasteiger partial charge is 0.316 e. The van der Waals surface area contributed by atoms with Crippen LogP contribution in [0, 0.1) is 11.8 Å². The summed E-state index contributed by atoms with van der Waals surface area (Å²) in [4.78, 5) is 22.2. The Hall–Kier alpha value is -2.63. The number of rotatable bonds is 8. The van der Waals surface area contributed by atoms with Crippen molar-refractivity contribution in [3.05, 3.63) is 41.1 Å². The highest BCUT2D eigenvalue weighted by atomic mass is 16.5. The van der Waals surface area contributed by atoms with Crippen LogP contribution in [0.5, 0.6) is 0 Å². The van der Waals surface area contributed by atoms with Gasteiger partial charge in [0.25, 0.3) is 0 Å².